The van der Waals surface area contributed by atoms with Gasteiger partial charge in [-0.3, -0.25) is 14.6 Å². The molecule has 1 aliphatic heterocycles. The number of nitrogens with zero attached hydrogens (tertiary/aromatic N) is 5. The van der Waals surface area contributed by atoms with Crippen molar-refractivity contribution >= 4 is 18.0 Å². The van der Waals surface area contributed by atoms with Gasteiger partial charge >= 0.3 is 12.4 Å². The average molecular weight is 473 g/mol. The van der Waals surface area contributed by atoms with E-state index in [2.05, 4.69) is 10.1 Å². The standard InChI is InChI=1S/C20H17F6N5O2/c21-19(22,23)14-7-13(8-15(9-14)20(24,25)26)18-27-11-29(28-18)5-3-16(32)30-6-4-17(33)31(30)10-12-1-2-12/h3,5,7-9,11-12H,1-2,4,6,10H2. The molecular formula is C20H17F6N5O2. The first-order chi connectivity index (χ1) is 15.4. The molecular weight excluding hydrogens is 456 g/mol. The van der Waals surface area contributed by atoms with Gasteiger partial charge in [0.2, 0.25) is 5.91 Å². The topological polar surface area (TPSA) is 71.3 Å². The minimum absolute atomic E-state index is 0.0177. The lowest BCUT2D eigenvalue weighted by Gasteiger charge is -2.26. The molecule has 1 saturated carbocycles. The van der Waals surface area contributed by atoms with Gasteiger partial charge in [0.15, 0.2) is 5.82 Å². The highest BCUT2D eigenvalue weighted by Gasteiger charge is 2.38. The maximum atomic E-state index is 13.1. The summed E-state index contributed by atoms with van der Waals surface area (Å²) in [5.74, 6) is -0.664. The first kappa shape index (κ1) is 22.8. The molecule has 0 unspecified atom stereocenters. The van der Waals surface area contributed by atoms with E-state index in [1.807, 2.05) is 0 Å². The second-order valence-corrected chi connectivity index (χ2v) is 7.79. The number of rotatable bonds is 5. The molecule has 4 rings (SSSR count). The summed E-state index contributed by atoms with van der Waals surface area (Å²) in [6.45, 7) is 0.685. The second-order valence-electron chi connectivity index (χ2n) is 7.79. The van der Waals surface area contributed by atoms with E-state index in [1.54, 1.807) is 0 Å². The molecule has 0 bridgehead atoms. The van der Waals surface area contributed by atoms with Crippen molar-refractivity contribution in [2.24, 2.45) is 5.92 Å². The van der Waals surface area contributed by atoms with E-state index in [9.17, 15) is 35.9 Å². The van der Waals surface area contributed by atoms with Crippen LogP contribution in [0.25, 0.3) is 17.6 Å². The maximum absolute atomic E-state index is 13.1. The lowest BCUT2D eigenvalue weighted by Crippen LogP contribution is -2.43. The summed E-state index contributed by atoms with van der Waals surface area (Å²) in [6, 6.07) is 1.06. The fourth-order valence-corrected chi connectivity index (χ4v) is 3.35. The van der Waals surface area contributed by atoms with Gasteiger partial charge < -0.3 is 0 Å². The third kappa shape index (κ3) is 5.17. The van der Waals surface area contributed by atoms with Crippen molar-refractivity contribution in [1.29, 1.82) is 0 Å². The minimum Gasteiger partial charge on any atom is -0.273 e. The summed E-state index contributed by atoms with van der Waals surface area (Å²) < 4.78 is 79.4. The van der Waals surface area contributed by atoms with Crippen LogP contribution < -0.4 is 0 Å². The molecule has 2 amide bonds. The Balaban J connectivity index is 1.54. The molecule has 0 N–H and O–H groups in total. The van der Waals surface area contributed by atoms with E-state index < -0.39 is 35.0 Å². The first-order valence-corrected chi connectivity index (χ1v) is 9.93. The molecule has 1 aromatic carbocycles. The number of halogens is 6. The quantitative estimate of drug-likeness (QED) is 0.489. The zero-order valence-corrected chi connectivity index (χ0v) is 16.9. The Morgan fingerprint density at radius 2 is 1.70 bits per heavy atom. The van der Waals surface area contributed by atoms with Crippen LogP contribution in [-0.2, 0) is 21.9 Å². The summed E-state index contributed by atoms with van der Waals surface area (Å²) in [6.07, 6.45) is -4.49. The van der Waals surface area contributed by atoms with Crippen molar-refractivity contribution in [3.8, 4) is 11.4 Å². The molecule has 176 valence electrons. The van der Waals surface area contributed by atoms with Crippen LogP contribution >= 0.6 is 0 Å². The predicted molar refractivity (Wildman–Crippen MR) is 102 cm³/mol. The van der Waals surface area contributed by atoms with Crippen LogP contribution in [0.2, 0.25) is 0 Å². The largest absolute Gasteiger partial charge is 0.416 e. The highest BCUT2D eigenvalue weighted by atomic mass is 19.4. The van der Waals surface area contributed by atoms with E-state index in [0.29, 0.717) is 24.6 Å². The average Bonchev–Trinajstić information content (AvgIpc) is 3.30. The minimum atomic E-state index is -5.00. The van der Waals surface area contributed by atoms with Gasteiger partial charge in [-0.15, -0.1) is 5.10 Å². The lowest BCUT2D eigenvalue weighted by molar-refractivity contribution is -0.151. The Hall–Kier alpha value is -3.38. The Morgan fingerprint density at radius 3 is 2.27 bits per heavy atom. The number of hydrogen-bond acceptors (Lipinski definition) is 4. The molecule has 2 aliphatic rings. The molecule has 2 heterocycles. The number of hydrazine groups is 1. The molecule has 0 atom stereocenters. The van der Waals surface area contributed by atoms with Crippen molar-refractivity contribution in [3.63, 3.8) is 0 Å². The zero-order chi connectivity index (χ0) is 24.0. The third-order valence-corrected chi connectivity index (χ3v) is 5.22. The molecule has 13 heteroatoms. The number of benzene rings is 1. The van der Waals surface area contributed by atoms with Gasteiger partial charge in [-0.1, -0.05) is 0 Å². The fraction of sp³-hybridized carbons (Fsp3) is 0.400. The number of amides is 2. The van der Waals surface area contributed by atoms with Crippen LogP contribution in [0.15, 0.2) is 30.6 Å². The summed E-state index contributed by atoms with van der Waals surface area (Å²) in [5.41, 5.74) is -3.44. The molecule has 0 spiro atoms. The highest BCUT2D eigenvalue weighted by Crippen LogP contribution is 2.38. The van der Waals surface area contributed by atoms with Crippen LogP contribution in [-0.4, -0.2) is 49.7 Å². The summed E-state index contributed by atoms with van der Waals surface area (Å²) in [7, 11) is 0. The number of carbonyl (C=O) groups is 2. The van der Waals surface area contributed by atoms with Gasteiger partial charge in [0, 0.05) is 30.8 Å². The van der Waals surface area contributed by atoms with Gasteiger partial charge in [-0.25, -0.2) is 14.7 Å². The first-order valence-electron chi connectivity index (χ1n) is 9.93. The molecule has 1 aliphatic carbocycles. The van der Waals surface area contributed by atoms with E-state index in [-0.39, 0.29) is 30.8 Å². The Bertz CT molecular complexity index is 1070. The highest BCUT2D eigenvalue weighted by molar-refractivity contribution is 5.93. The van der Waals surface area contributed by atoms with Crippen LogP contribution in [0.4, 0.5) is 26.3 Å². The van der Waals surface area contributed by atoms with Crippen molar-refractivity contribution < 1.29 is 35.9 Å². The summed E-state index contributed by atoms with van der Waals surface area (Å²) >= 11 is 0. The van der Waals surface area contributed by atoms with Crippen molar-refractivity contribution in [2.75, 3.05) is 13.1 Å². The number of alkyl halides is 6. The Labute approximate surface area is 183 Å². The molecule has 0 radical (unpaired) electrons. The predicted octanol–water partition coefficient (Wildman–Crippen LogP) is 3.84. The molecule has 1 saturated heterocycles. The van der Waals surface area contributed by atoms with Crippen LogP contribution in [0.3, 0.4) is 0 Å². The zero-order valence-electron chi connectivity index (χ0n) is 16.9. The lowest BCUT2D eigenvalue weighted by atomic mass is 10.0. The summed E-state index contributed by atoms with van der Waals surface area (Å²) in [4.78, 5) is 28.3. The second kappa shape index (κ2) is 8.19. The van der Waals surface area contributed by atoms with Gasteiger partial charge in [-0.2, -0.15) is 26.3 Å². The van der Waals surface area contributed by atoms with Gasteiger partial charge in [0.05, 0.1) is 17.7 Å². The van der Waals surface area contributed by atoms with E-state index in [1.165, 1.54) is 10.0 Å². The van der Waals surface area contributed by atoms with Crippen LogP contribution in [0.1, 0.15) is 30.4 Å². The summed E-state index contributed by atoms with van der Waals surface area (Å²) in [5, 5.41) is 6.55. The van der Waals surface area contributed by atoms with Crippen LogP contribution in [0.5, 0.6) is 0 Å². The molecule has 2 fully saturated rings. The van der Waals surface area contributed by atoms with Gasteiger partial charge in [-0.05, 0) is 37.0 Å². The van der Waals surface area contributed by atoms with Gasteiger partial charge in [0.25, 0.3) is 5.91 Å². The van der Waals surface area contributed by atoms with E-state index in [0.717, 1.165) is 36.1 Å². The van der Waals surface area contributed by atoms with Gasteiger partial charge in [0.1, 0.15) is 6.33 Å². The number of aromatic nitrogens is 3. The molecule has 7 nitrogen and oxygen atoms in total. The van der Waals surface area contributed by atoms with E-state index in [4.69, 9.17) is 0 Å². The molecule has 1 aromatic heterocycles. The molecule has 33 heavy (non-hydrogen) atoms. The van der Waals surface area contributed by atoms with Crippen molar-refractivity contribution in [2.45, 2.75) is 31.6 Å². The number of hydrogen-bond donors (Lipinski definition) is 0. The number of carbonyl (C=O) groups excluding carboxylic acids is 2. The SMILES string of the molecule is O=C(C=Cn1cnc(-c2cc(C(F)(F)F)cc(C(F)(F)F)c2)n1)N1CCC(=O)N1CC1CC1. The Kier molecular flexibility index (Phi) is 5.66. The normalized spacial score (nSPS) is 17.5. The molecule has 2 aromatic rings. The fourth-order valence-electron chi connectivity index (χ4n) is 3.35. The Morgan fingerprint density at radius 1 is 1.06 bits per heavy atom. The van der Waals surface area contributed by atoms with Crippen molar-refractivity contribution in [1.82, 2.24) is 24.8 Å². The monoisotopic (exact) mass is 473 g/mol. The smallest absolute Gasteiger partial charge is 0.273 e. The third-order valence-electron chi connectivity index (χ3n) is 5.22. The maximum Gasteiger partial charge on any atom is 0.416 e. The van der Waals surface area contributed by atoms with Crippen molar-refractivity contribution in [3.05, 3.63) is 41.7 Å². The van der Waals surface area contributed by atoms with Crippen LogP contribution in [0, 0.1) is 5.92 Å². The van der Waals surface area contributed by atoms with E-state index >= 15 is 0 Å².